The number of benzene rings is 1. The number of rotatable bonds is 0. The Bertz CT molecular complexity index is 469. The average molecular weight is 224 g/mol. The van der Waals surface area contributed by atoms with E-state index >= 15 is 0 Å². The maximum atomic E-state index is 12.4. The molecule has 82 valence electrons. The van der Waals surface area contributed by atoms with E-state index < -0.39 is 19.3 Å². The predicted octanol–water partition coefficient (Wildman–Crippen LogP) is 2.59. The standard InChI is InChI=1S/C12H16O2S/c1-11(2)9-7-5-6-8-10(9)12(3,4)15(11,13)14/h5-8H,1-4H3. The van der Waals surface area contributed by atoms with Gasteiger partial charge in [-0.3, -0.25) is 0 Å². The Morgan fingerprint density at radius 3 is 1.53 bits per heavy atom. The number of hydrogen-bond acceptors (Lipinski definition) is 2. The van der Waals surface area contributed by atoms with Gasteiger partial charge in [-0.2, -0.15) is 0 Å². The summed E-state index contributed by atoms with van der Waals surface area (Å²) in [5.74, 6) is 0. The van der Waals surface area contributed by atoms with Crippen molar-refractivity contribution >= 4 is 9.84 Å². The van der Waals surface area contributed by atoms with E-state index in [1.807, 2.05) is 24.3 Å². The van der Waals surface area contributed by atoms with Gasteiger partial charge in [0, 0.05) is 0 Å². The normalized spacial score (nSPS) is 24.8. The highest BCUT2D eigenvalue weighted by Gasteiger charge is 2.55. The Hall–Kier alpha value is -0.830. The largest absolute Gasteiger partial charge is 0.227 e. The third kappa shape index (κ3) is 1.02. The van der Waals surface area contributed by atoms with Crippen molar-refractivity contribution in [3.05, 3.63) is 35.4 Å². The molecule has 0 amide bonds. The van der Waals surface area contributed by atoms with Gasteiger partial charge in [-0.05, 0) is 38.8 Å². The molecule has 1 aromatic carbocycles. The second kappa shape index (κ2) is 2.64. The third-order valence-electron chi connectivity index (χ3n) is 3.57. The summed E-state index contributed by atoms with van der Waals surface area (Å²) in [6.45, 7) is 7.15. The van der Waals surface area contributed by atoms with Crippen molar-refractivity contribution in [1.82, 2.24) is 0 Å². The topological polar surface area (TPSA) is 34.1 Å². The Labute approximate surface area is 91.2 Å². The van der Waals surface area contributed by atoms with E-state index in [4.69, 9.17) is 0 Å². The van der Waals surface area contributed by atoms with Gasteiger partial charge in [0.1, 0.15) is 0 Å². The lowest BCUT2D eigenvalue weighted by Gasteiger charge is -2.24. The van der Waals surface area contributed by atoms with Crippen molar-refractivity contribution in [3.63, 3.8) is 0 Å². The molecule has 0 bridgehead atoms. The van der Waals surface area contributed by atoms with E-state index in [-0.39, 0.29) is 0 Å². The molecule has 0 spiro atoms. The second-order valence-corrected chi connectivity index (χ2v) is 8.12. The lowest BCUT2D eigenvalue weighted by atomic mass is 9.91. The van der Waals surface area contributed by atoms with Crippen LogP contribution in [0.25, 0.3) is 0 Å². The molecule has 1 heterocycles. The molecule has 2 rings (SSSR count). The third-order valence-corrected chi connectivity index (χ3v) is 6.70. The molecule has 15 heavy (non-hydrogen) atoms. The smallest absolute Gasteiger partial charge is 0.168 e. The summed E-state index contributed by atoms with van der Waals surface area (Å²) in [4.78, 5) is 0. The van der Waals surface area contributed by atoms with Gasteiger partial charge in [-0.1, -0.05) is 24.3 Å². The van der Waals surface area contributed by atoms with Crippen LogP contribution in [0.5, 0.6) is 0 Å². The molecule has 0 aliphatic carbocycles. The van der Waals surface area contributed by atoms with Crippen LogP contribution in [0, 0.1) is 0 Å². The minimum atomic E-state index is -3.16. The van der Waals surface area contributed by atoms with Crippen LogP contribution in [0.15, 0.2) is 24.3 Å². The number of fused-ring (bicyclic) bond motifs is 1. The van der Waals surface area contributed by atoms with E-state index in [1.54, 1.807) is 27.7 Å². The molecule has 1 aliphatic heterocycles. The van der Waals surface area contributed by atoms with Gasteiger partial charge in [0.25, 0.3) is 0 Å². The molecule has 0 aromatic heterocycles. The monoisotopic (exact) mass is 224 g/mol. The molecule has 0 unspecified atom stereocenters. The van der Waals surface area contributed by atoms with Crippen LogP contribution in [0.4, 0.5) is 0 Å². The SMILES string of the molecule is CC1(C)c2ccccc2C(C)(C)S1(=O)=O. The maximum absolute atomic E-state index is 12.4. The lowest BCUT2D eigenvalue weighted by molar-refractivity contribution is 0.536. The minimum Gasteiger partial charge on any atom is -0.227 e. The molecule has 1 aliphatic rings. The molecular formula is C12H16O2S. The number of sulfone groups is 1. The molecule has 0 fully saturated rings. The first-order valence-electron chi connectivity index (χ1n) is 5.07. The van der Waals surface area contributed by atoms with Crippen molar-refractivity contribution in [1.29, 1.82) is 0 Å². The Morgan fingerprint density at radius 1 is 0.867 bits per heavy atom. The van der Waals surface area contributed by atoms with Gasteiger partial charge in [0.2, 0.25) is 0 Å². The summed E-state index contributed by atoms with van der Waals surface area (Å²) >= 11 is 0. The summed E-state index contributed by atoms with van der Waals surface area (Å²) in [6.07, 6.45) is 0. The fourth-order valence-electron chi connectivity index (χ4n) is 2.46. The highest BCUT2D eigenvalue weighted by atomic mass is 32.2. The molecule has 0 N–H and O–H groups in total. The van der Waals surface area contributed by atoms with E-state index in [2.05, 4.69) is 0 Å². The zero-order valence-corrected chi connectivity index (χ0v) is 10.4. The molecule has 0 radical (unpaired) electrons. The molecule has 0 atom stereocenters. The quantitative estimate of drug-likeness (QED) is 0.678. The van der Waals surface area contributed by atoms with Crippen molar-refractivity contribution < 1.29 is 8.42 Å². The highest BCUT2D eigenvalue weighted by Crippen LogP contribution is 2.51. The van der Waals surface area contributed by atoms with Crippen LogP contribution < -0.4 is 0 Å². The van der Waals surface area contributed by atoms with Gasteiger partial charge in [0.15, 0.2) is 9.84 Å². The van der Waals surface area contributed by atoms with Crippen molar-refractivity contribution in [3.8, 4) is 0 Å². The van der Waals surface area contributed by atoms with E-state index in [9.17, 15) is 8.42 Å². The van der Waals surface area contributed by atoms with E-state index in [1.165, 1.54) is 0 Å². The fraction of sp³-hybridized carbons (Fsp3) is 0.500. The van der Waals surface area contributed by atoms with E-state index in [0.29, 0.717) is 0 Å². The van der Waals surface area contributed by atoms with Gasteiger partial charge in [-0.25, -0.2) is 8.42 Å². The Morgan fingerprint density at radius 2 is 1.20 bits per heavy atom. The predicted molar refractivity (Wildman–Crippen MR) is 61.4 cm³/mol. The van der Waals surface area contributed by atoms with Crippen LogP contribution in [-0.4, -0.2) is 8.42 Å². The average Bonchev–Trinajstić information content (AvgIpc) is 2.26. The van der Waals surface area contributed by atoms with Crippen LogP contribution in [0.2, 0.25) is 0 Å². The minimum absolute atomic E-state index is 0.771. The Balaban J connectivity index is 2.90. The molecule has 2 nitrogen and oxygen atoms in total. The molecule has 0 saturated carbocycles. The summed E-state index contributed by atoms with van der Waals surface area (Å²) in [5.41, 5.74) is 1.88. The van der Waals surface area contributed by atoms with Gasteiger partial charge in [0.05, 0.1) is 9.49 Å². The van der Waals surface area contributed by atoms with Gasteiger partial charge in [-0.15, -0.1) is 0 Å². The first-order valence-corrected chi connectivity index (χ1v) is 6.55. The number of hydrogen-bond donors (Lipinski definition) is 0. The first kappa shape index (κ1) is 10.7. The van der Waals surface area contributed by atoms with Crippen LogP contribution in [0.3, 0.4) is 0 Å². The van der Waals surface area contributed by atoms with Crippen LogP contribution in [0.1, 0.15) is 38.8 Å². The zero-order valence-electron chi connectivity index (χ0n) is 9.53. The molecular weight excluding hydrogens is 208 g/mol. The van der Waals surface area contributed by atoms with Gasteiger partial charge < -0.3 is 0 Å². The fourth-order valence-corrected chi connectivity index (χ4v) is 4.67. The summed E-state index contributed by atoms with van der Waals surface area (Å²) in [5, 5.41) is 0. The van der Waals surface area contributed by atoms with Crippen molar-refractivity contribution in [2.75, 3.05) is 0 Å². The summed E-state index contributed by atoms with van der Waals surface area (Å²) in [6, 6.07) is 7.64. The Kier molecular flexibility index (Phi) is 1.88. The lowest BCUT2D eigenvalue weighted by Crippen LogP contribution is -2.33. The first-order chi connectivity index (χ1) is 6.73. The van der Waals surface area contributed by atoms with Gasteiger partial charge >= 0.3 is 0 Å². The van der Waals surface area contributed by atoms with Crippen LogP contribution in [-0.2, 0) is 19.3 Å². The van der Waals surface area contributed by atoms with Crippen molar-refractivity contribution in [2.24, 2.45) is 0 Å². The second-order valence-electron chi connectivity index (χ2n) is 5.07. The molecule has 0 saturated heterocycles. The van der Waals surface area contributed by atoms with Crippen LogP contribution >= 0.6 is 0 Å². The molecule has 1 aromatic rings. The van der Waals surface area contributed by atoms with Crippen molar-refractivity contribution in [2.45, 2.75) is 37.2 Å². The molecule has 3 heteroatoms. The van der Waals surface area contributed by atoms with E-state index in [0.717, 1.165) is 11.1 Å². The summed E-state index contributed by atoms with van der Waals surface area (Å²) in [7, 11) is -3.16. The zero-order chi connectivity index (χ0) is 11.5. The summed E-state index contributed by atoms with van der Waals surface area (Å²) < 4.78 is 23.2. The maximum Gasteiger partial charge on any atom is 0.168 e. The highest BCUT2D eigenvalue weighted by molar-refractivity contribution is 7.93.